The zero-order chi connectivity index (χ0) is 10.6. The molecule has 0 aromatic rings. The molecule has 2 nitrogen and oxygen atoms in total. The largest absolute Gasteiger partial charge is 0.391 e. The predicted molar refractivity (Wildman–Crippen MR) is 58.3 cm³/mol. The predicted octanol–water partition coefficient (Wildman–Crippen LogP) is 1.95. The highest BCUT2D eigenvalue weighted by atomic mass is 35.5. The highest BCUT2D eigenvalue weighted by Gasteiger charge is 2.24. The summed E-state index contributed by atoms with van der Waals surface area (Å²) in [5, 5.41) is 9.37. The molecule has 0 aliphatic rings. The van der Waals surface area contributed by atoms with E-state index in [4.69, 9.17) is 11.6 Å². The summed E-state index contributed by atoms with van der Waals surface area (Å²) in [6.07, 6.45) is -0.420. The minimum absolute atomic E-state index is 0.237. The number of nitrogens with zero attached hydrogens (tertiary/aromatic N) is 1. The monoisotopic (exact) mass is 207 g/mol. The first-order valence-electron chi connectivity index (χ1n) is 4.73. The lowest BCUT2D eigenvalue weighted by molar-refractivity contribution is 0.0818. The molecule has 0 saturated heterocycles. The van der Waals surface area contributed by atoms with Crippen molar-refractivity contribution in [2.24, 2.45) is 5.41 Å². The van der Waals surface area contributed by atoms with E-state index in [1.54, 1.807) is 0 Å². The molecule has 0 radical (unpaired) electrons. The SMILES string of the molecule is CC(N(C)CC(O)CCl)C(C)(C)C. The zero-order valence-electron chi connectivity index (χ0n) is 9.34. The summed E-state index contributed by atoms with van der Waals surface area (Å²) in [6, 6.07) is 0.436. The van der Waals surface area contributed by atoms with Crippen molar-refractivity contribution >= 4 is 11.6 Å². The number of rotatable bonds is 4. The van der Waals surface area contributed by atoms with Gasteiger partial charge in [0.15, 0.2) is 0 Å². The number of halogens is 1. The molecular formula is C10H22ClNO. The average Bonchev–Trinajstić information content (AvgIpc) is 2.01. The van der Waals surface area contributed by atoms with Gasteiger partial charge in [-0.2, -0.15) is 0 Å². The standard InChI is InChI=1S/C10H22ClNO/c1-8(10(2,3)4)12(5)7-9(13)6-11/h8-9,13H,6-7H2,1-5H3. The molecule has 0 spiro atoms. The van der Waals surface area contributed by atoms with Crippen LogP contribution in [0, 0.1) is 5.41 Å². The van der Waals surface area contributed by atoms with Crippen LogP contribution in [0.2, 0.25) is 0 Å². The Morgan fingerprint density at radius 3 is 2.15 bits per heavy atom. The molecule has 0 aromatic carbocycles. The fourth-order valence-electron chi connectivity index (χ4n) is 1.20. The quantitative estimate of drug-likeness (QED) is 0.713. The molecule has 0 heterocycles. The normalized spacial score (nSPS) is 17.5. The summed E-state index contributed by atoms with van der Waals surface area (Å²) in [5.74, 6) is 0.307. The van der Waals surface area contributed by atoms with Gasteiger partial charge in [-0.3, -0.25) is 0 Å². The fraction of sp³-hybridized carbons (Fsp3) is 1.00. The van der Waals surface area contributed by atoms with Crippen LogP contribution in [0.3, 0.4) is 0 Å². The van der Waals surface area contributed by atoms with E-state index in [-0.39, 0.29) is 5.41 Å². The lowest BCUT2D eigenvalue weighted by atomic mass is 9.87. The van der Waals surface area contributed by atoms with Crippen molar-refractivity contribution < 1.29 is 5.11 Å². The Labute approximate surface area is 86.9 Å². The third kappa shape index (κ3) is 4.84. The van der Waals surface area contributed by atoms with Gasteiger partial charge in [0.25, 0.3) is 0 Å². The highest BCUT2D eigenvalue weighted by Crippen LogP contribution is 2.22. The second-order valence-corrected chi connectivity index (χ2v) is 5.10. The van der Waals surface area contributed by atoms with E-state index in [9.17, 15) is 5.11 Å². The number of aliphatic hydroxyl groups is 1. The van der Waals surface area contributed by atoms with Crippen LogP contribution in [-0.2, 0) is 0 Å². The van der Waals surface area contributed by atoms with Crippen molar-refractivity contribution in [2.75, 3.05) is 19.5 Å². The number of hydrogen-bond acceptors (Lipinski definition) is 2. The van der Waals surface area contributed by atoms with E-state index in [2.05, 4.69) is 32.6 Å². The van der Waals surface area contributed by atoms with Gasteiger partial charge in [0, 0.05) is 18.5 Å². The van der Waals surface area contributed by atoms with Crippen molar-refractivity contribution in [3.05, 3.63) is 0 Å². The van der Waals surface area contributed by atoms with Crippen molar-refractivity contribution in [2.45, 2.75) is 39.8 Å². The first kappa shape index (κ1) is 13.2. The van der Waals surface area contributed by atoms with Crippen molar-refractivity contribution in [1.29, 1.82) is 0 Å². The van der Waals surface area contributed by atoms with Crippen LogP contribution in [0.1, 0.15) is 27.7 Å². The van der Waals surface area contributed by atoms with Crippen LogP contribution in [0.5, 0.6) is 0 Å². The van der Waals surface area contributed by atoms with E-state index in [0.717, 1.165) is 0 Å². The topological polar surface area (TPSA) is 23.5 Å². The van der Waals surface area contributed by atoms with E-state index < -0.39 is 6.10 Å². The summed E-state index contributed by atoms with van der Waals surface area (Å²) < 4.78 is 0. The summed E-state index contributed by atoms with van der Waals surface area (Å²) in [6.45, 7) is 9.40. The van der Waals surface area contributed by atoms with Gasteiger partial charge in [0.05, 0.1) is 6.10 Å². The molecule has 13 heavy (non-hydrogen) atoms. The van der Waals surface area contributed by atoms with Crippen molar-refractivity contribution in [1.82, 2.24) is 4.90 Å². The van der Waals surface area contributed by atoms with Gasteiger partial charge in [-0.05, 0) is 19.4 Å². The van der Waals surface area contributed by atoms with Gasteiger partial charge >= 0.3 is 0 Å². The van der Waals surface area contributed by atoms with Crippen LogP contribution in [0.25, 0.3) is 0 Å². The number of alkyl halides is 1. The smallest absolute Gasteiger partial charge is 0.0802 e. The van der Waals surface area contributed by atoms with E-state index in [1.165, 1.54) is 0 Å². The number of hydrogen-bond donors (Lipinski definition) is 1. The van der Waals surface area contributed by atoms with Crippen LogP contribution in [0.15, 0.2) is 0 Å². The molecular weight excluding hydrogens is 186 g/mol. The summed E-state index contributed by atoms with van der Waals surface area (Å²) in [4.78, 5) is 2.15. The lowest BCUT2D eigenvalue weighted by Crippen LogP contribution is -2.43. The minimum Gasteiger partial charge on any atom is -0.391 e. The Morgan fingerprint density at radius 1 is 1.38 bits per heavy atom. The number of aliphatic hydroxyl groups excluding tert-OH is 1. The average molecular weight is 208 g/mol. The molecule has 2 atom stereocenters. The first-order valence-corrected chi connectivity index (χ1v) is 5.26. The second-order valence-electron chi connectivity index (χ2n) is 4.79. The molecule has 3 heteroatoms. The second kappa shape index (κ2) is 5.18. The van der Waals surface area contributed by atoms with Gasteiger partial charge in [-0.25, -0.2) is 0 Å². The molecule has 1 N–H and O–H groups in total. The maximum Gasteiger partial charge on any atom is 0.0802 e. The molecule has 0 aliphatic heterocycles. The summed E-state index contributed by atoms with van der Waals surface area (Å²) >= 11 is 5.54. The fourth-order valence-corrected chi connectivity index (χ4v) is 1.30. The Balaban J connectivity index is 4.03. The zero-order valence-corrected chi connectivity index (χ0v) is 10.1. The van der Waals surface area contributed by atoms with Crippen LogP contribution in [-0.4, -0.2) is 41.6 Å². The highest BCUT2D eigenvalue weighted by molar-refractivity contribution is 6.18. The third-order valence-electron chi connectivity index (χ3n) is 2.59. The maximum absolute atomic E-state index is 9.37. The van der Waals surface area contributed by atoms with E-state index in [1.807, 2.05) is 7.05 Å². The van der Waals surface area contributed by atoms with Gasteiger partial charge < -0.3 is 10.0 Å². The van der Waals surface area contributed by atoms with Crippen molar-refractivity contribution in [3.63, 3.8) is 0 Å². The van der Waals surface area contributed by atoms with E-state index >= 15 is 0 Å². The van der Waals surface area contributed by atoms with E-state index in [0.29, 0.717) is 18.5 Å². The Hall–Kier alpha value is 0.210. The van der Waals surface area contributed by atoms with Crippen LogP contribution < -0.4 is 0 Å². The molecule has 0 rings (SSSR count). The molecule has 2 unspecified atom stereocenters. The van der Waals surface area contributed by atoms with Gasteiger partial charge in [-0.15, -0.1) is 11.6 Å². The Morgan fingerprint density at radius 2 is 1.85 bits per heavy atom. The van der Waals surface area contributed by atoms with Crippen molar-refractivity contribution in [3.8, 4) is 0 Å². The molecule has 0 aromatic heterocycles. The van der Waals surface area contributed by atoms with Crippen LogP contribution in [0.4, 0.5) is 0 Å². The maximum atomic E-state index is 9.37. The number of likely N-dealkylation sites (N-methyl/N-ethyl adjacent to an activating group) is 1. The van der Waals surface area contributed by atoms with Gasteiger partial charge in [0.1, 0.15) is 0 Å². The molecule has 0 saturated carbocycles. The summed E-state index contributed by atoms with van der Waals surface area (Å²) in [7, 11) is 2.02. The minimum atomic E-state index is -0.420. The lowest BCUT2D eigenvalue weighted by Gasteiger charge is -2.36. The first-order chi connectivity index (χ1) is 5.79. The van der Waals surface area contributed by atoms with Gasteiger partial charge in [-0.1, -0.05) is 20.8 Å². The molecule has 0 bridgehead atoms. The van der Waals surface area contributed by atoms with Crippen LogP contribution >= 0.6 is 11.6 Å². The Bertz CT molecular complexity index is 144. The molecule has 0 aliphatic carbocycles. The Kier molecular flexibility index (Phi) is 5.26. The van der Waals surface area contributed by atoms with Gasteiger partial charge in [0.2, 0.25) is 0 Å². The summed E-state index contributed by atoms with van der Waals surface area (Å²) in [5.41, 5.74) is 0.237. The third-order valence-corrected chi connectivity index (χ3v) is 2.95. The molecule has 0 fully saturated rings. The molecule has 80 valence electrons. The molecule has 0 amide bonds.